The molecule has 0 unspecified atom stereocenters. The summed E-state index contributed by atoms with van der Waals surface area (Å²) in [7, 11) is 0. The molecule has 0 spiro atoms. The Hall–Kier alpha value is -2.40. The molecule has 0 atom stereocenters. The van der Waals surface area contributed by atoms with Crippen molar-refractivity contribution in [1.29, 1.82) is 0 Å². The highest BCUT2D eigenvalue weighted by molar-refractivity contribution is 5.77. The van der Waals surface area contributed by atoms with Gasteiger partial charge in [0.1, 0.15) is 18.2 Å². The van der Waals surface area contributed by atoms with Gasteiger partial charge >= 0.3 is 0 Å². The van der Waals surface area contributed by atoms with E-state index in [1.807, 2.05) is 23.1 Å². The van der Waals surface area contributed by atoms with Gasteiger partial charge in [0.15, 0.2) is 0 Å². The van der Waals surface area contributed by atoms with E-state index < -0.39 is 0 Å². The first-order valence-electron chi connectivity index (χ1n) is 9.15. The Kier molecular flexibility index (Phi) is 6.61. The zero-order valence-corrected chi connectivity index (χ0v) is 14.9. The van der Waals surface area contributed by atoms with Crippen LogP contribution in [0.15, 0.2) is 48.5 Å². The first-order valence-corrected chi connectivity index (χ1v) is 9.15. The van der Waals surface area contributed by atoms with Crippen molar-refractivity contribution >= 4 is 5.91 Å². The van der Waals surface area contributed by atoms with Crippen LogP contribution in [0.5, 0.6) is 5.75 Å². The van der Waals surface area contributed by atoms with E-state index in [0.29, 0.717) is 13.0 Å². The molecule has 1 fully saturated rings. The second-order valence-electron chi connectivity index (χ2n) is 6.58. The molecule has 1 amide bonds. The molecule has 1 aliphatic rings. The Bertz CT molecular complexity index is 718. The molecule has 0 bridgehead atoms. The third kappa shape index (κ3) is 5.56. The van der Waals surface area contributed by atoms with Crippen LogP contribution in [0.1, 0.15) is 30.4 Å². The fourth-order valence-electron chi connectivity index (χ4n) is 3.06. The first-order chi connectivity index (χ1) is 12.7. The van der Waals surface area contributed by atoms with Crippen LogP contribution < -0.4 is 10.1 Å². The van der Waals surface area contributed by atoms with Crippen molar-refractivity contribution in [3.63, 3.8) is 0 Å². The molecule has 138 valence electrons. The summed E-state index contributed by atoms with van der Waals surface area (Å²) >= 11 is 0. The standard InChI is InChI=1S/C21H25FN2O2/c22-19-9-7-17(8-10-19)16-26-20-5-1-4-18(14-20)15-23-11-3-13-24-12-2-6-21(24)25/h1,4-5,7-10,14,23H,2-3,6,11-13,15-16H2. The Labute approximate surface area is 154 Å². The number of nitrogens with zero attached hydrogens (tertiary/aromatic N) is 1. The van der Waals surface area contributed by atoms with Gasteiger partial charge in [0.05, 0.1) is 0 Å². The minimum absolute atomic E-state index is 0.240. The fourth-order valence-corrected chi connectivity index (χ4v) is 3.06. The molecule has 1 aliphatic heterocycles. The van der Waals surface area contributed by atoms with Gasteiger partial charge in [-0.25, -0.2) is 4.39 Å². The summed E-state index contributed by atoms with van der Waals surface area (Å²) in [4.78, 5) is 13.5. The molecule has 2 aromatic carbocycles. The van der Waals surface area contributed by atoms with Crippen molar-refractivity contribution in [1.82, 2.24) is 10.2 Å². The van der Waals surface area contributed by atoms with Gasteiger partial charge in [-0.2, -0.15) is 0 Å². The number of benzene rings is 2. The Morgan fingerprint density at radius 3 is 2.73 bits per heavy atom. The van der Waals surface area contributed by atoms with Crippen LogP contribution >= 0.6 is 0 Å². The second-order valence-corrected chi connectivity index (χ2v) is 6.58. The lowest BCUT2D eigenvalue weighted by Gasteiger charge is -2.15. The van der Waals surface area contributed by atoms with E-state index in [1.54, 1.807) is 12.1 Å². The van der Waals surface area contributed by atoms with Crippen molar-refractivity contribution in [3.05, 3.63) is 65.5 Å². The zero-order chi connectivity index (χ0) is 18.2. The van der Waals surface area contributed by atoms with Gasteiger partial charge in [0.2, 0.25) is 5.91 Å². The van der Waals surface area contributed by atoms with E-state index in [1.165, 1.54) is 12.1 Å². The highest BCUT2D eigenvalue weighted by Crippen LogP contribution is 2.15. The molecule has 26 heavy (non-hydrogen) atoms. The smallest absolute Gasteiger partial charge is 0.222 e. The Morgan fingerprint density at radius 2 is 1.96 bits per heavy atom. The minimum Gasteiger partial charge on any atom is -0.489 e. The largest absolute Gasteiger partial charge is 0.489 e. The lowest BCUT2D eigenvalue weighted by molar-refractivity contribution is -0.127. The molecule has 0 radical (unpaired) electrons. The normalized spacial score (nSPS) is 14.0. The summed E-state index contributed by atoms with van der Waals surface area (Å²) in [5.74, 6) is 0.850. The van der Waals surface area contributed by atoms with Crippen molar-refractivity contribution in [2.24, 2.45) is 0 Å². The maximum absolute atomic E-state index is 12.9. The fraction of sp³-hybridized carbons (Fsp3) is 0.381. The molecule has 1 N–H and O–H groups in total. The van der Waals surface area contributed by atoms with E-state index in [4.69, 9.17) is 4.74 Å². The molecule has 3 rings (SSSR count). The van der Waals surface area contributed by atoms with Gasteiger partial charge in [-0.05, 0) is 54.8 Å². The summed E-state index contributed by atoms with van der Waals surface area (Å²) in [5, 5.41) is 3.41. The molecule has 0 saturated carbocycles. The van der Waals surface area contributed by atoms with Crippen molar-refractivity contribution < 1.29 is 13.9 Å². The summed E-state index contributed by atoms with van der Waals surface area (Å²) in [6.45, 7) is 3.81. The van der Waals surface area contributed by atoms with Crippen LogP contribution in [0, 0.1) is 5.82 Å². The third-order valence-electron chi connectivity index (χ3n) is 4.50. The summed E-state index contributed by atoms with van der Waals surface area (Å²) in [6, 6.07) is 14.3. The van der Waals surface area contributed by atoms with Crippen molar-refractivity contribution in [3.8, 4) is 5.75 Å². The third-order valence-corrected chi connectivity index (χ3v) is 4.50. The summed E-state index contributed by atoms with van der Waals surface area (Å²) in [6.07, 6.45) is 2.67. The van der Waals surface area contributed by atoms with Crippen LogP contribution in [0.25, 0.3) is 0 Å². The lowest BCUT2D eigenvalue weighted by atomic mass is 10.2. The number of likely N-dealkylation sites (tertiary alicyclic amines) is 1. The van der Waals surface area contributed by atoms with Gasteiger partial charge in [-0.15, -0.1) is 0 Å². The summed E-state index contributed by atoms with van der Waals surface area (Å²) < 4.78 is 18.7. The van der Waals surface area contributed by atoms with E-state index in [9.17, 15) is 9.18 Å². The first kappa shape index (κ1) is 18.4. The number of amides is 1. The molecule has 5 heteroatoms. The van der Waals surface area contributed by atoms with Crippen LogP contribution in [-0.2, 0) is 17.9 Å². The summed E-state index contributed by atoms with van der Waals surface area (Å²) in [5.41, 5.74) is 2.09. The molecule has 1 heterocycles. The number of hydrogen-bond donors (Lipinski definition) is 1. The highest BCUT2D eigenvalue weighted by Gasteiger charge is 2.18. The maximum atomic E-state index is 12.9. The Morgan fingerprint density at radius 1 is 1.12 bits per heavy atom. The quantitative estimate of drug-likeness (QED) is 0.699. The average molecular weight is 356 g/mol. The predicted molar refractivity (Wildman–Crippen MR) is 99.3 cm³/mol. The topological polar surface area (TPSA) is 41.6 Å². The molecule has 4 nitrogen and oxygen atoms in total. The predicted octanol–water partition coefficient (Wildman–Crippen LogP) is 3.51. The van der Waals surface area contributed by atoms with E-state index in [-0.39, 0.29) is 11.7 Å². The highest BCUT2D eigenvalue weighted by atomic mass is 19.1. The second kappa shape index (κ2) is 9.34. The molecule has 0 aromatic heterocycles. The van der Waals surface area contributed by atoms with Crippen molar-refractivity contribution in [2.75, 3.05) is 19.6 Å². The number of hydrogen-bond acceptors (Lipinski definition) is 3. The maximum Gasteiger partial charge on any atom is 0.222 e. The van der Waals surface area contributed by atoms with Gasteiger partial charge in [-0.1, -0.05) is 24.3 Å². The van der Waals surface area contributed by atoms with Gasteiger partial charge in [-0.3, -0.25) is 4.79 Å². The van der Waals surface area contributed by atoms with Crippen LogP contribution in [0.2, 0.25) is 0 Å². The molecular weight excluding hydrogens is 331 g/mol. The molecule has 1 saturated heterocycles. The van der Waals surface area contributed by atoms with E-state index in [2.05, 4.69) is 11.4 Å². The van der Waals surface area contributed by atoms with Crippen molar-refractivity contribution in [2.45, 2.75) is 32.4 Å². The monoisotopic (exact) mass is 356 g/mol. The minimum atomic E-state index is -0.240. The van der Waals surface area contributed by atoms with Gasteiger partial charge in [0, 0.05) is 26.1 Å². The van der Waals surface area contributed by atoms with Gasteiger partial charge in [0.25, 0.3) is 0 Å². The van der Waals surface area contributed by atoms with E-state index >= 15 is 0 Å². The zero-order valence-electron chi connectivity index (χ0n) is 14.9. The Balaban J connectivity index is 1.38. The van der Waals surface area contributed by atoms with Crippen LogP contribution in [0.4, 0.5) is 4.39 Å². The SMILES string of the molecule is O=C1CCCN1CCCNCc1cccc(OCc2ccc(F)cc2)c1. The molecule has 2 aromatic rings. The van der Waals surface area contributed by atoms with Crippen LogP contribution in [0.3, 0.4) is 0 Å². The van der Waals surface area contributed by atoms with Gasteiger partial charge < -0.3 is 15.0 Å². The van der Waals surface area contributed by atoms with E-state index in [0.717, 1.165) is 55.9 Å². The number of ether oxygens (including phenoxy) is 1. The number of carbonyl (C=O) groups excluding carboxylic acids is 1. The number of halogens is 1. The number of carbonyl (C=O) groups is 1. The number of nitrogens with one attached hydrogen (secondary N) is 1. The lowest BCUT2D eigenvalue weighted by Crippen LogP contribution is -2.28. The average Bonchev–Trinajstić information content (AvgIpc) is 3.06. The van der Waals surface area contributed by atoms with Crippen LogP contribution in [-0.4, -0.2) is 30.4 Å². The molecular formula is C21H25FN2O2. The molecule has 0 aliphatic carbocycles. The number of rotatable bonds is 9.